The van der Waals surface area contributed by atoms with E-state index in [0.717, 1.165) is 19.4 Å². The predicted molar refractivity (Wildman–Crippen MR) is 80.1 cm³/mol. The fourth-order valence-electron chi connectivity index (χ4n) is 2.10. The van der Waals surface area contributed by atoms with Crippen molar-refractivity contribution in [1.29, 1.82) is 0 Å². The lowest BCUT2D eigenvalue weighted by Crippen LogP contribution is -2.46. The van der Waals surface area contributed by atoms with Crippen LogP contribution in [0, 0.1) is 0 Å². The first-order valence-electron chi connectivity index (χ1n) is 7.09. The Labute approximate surface area is 117 Å². The molecule has 0 aliphatic heterocycles. The lowest BCUT2D eigenvalue weighted by atomic mass is 10.1. The van der Waals surface area contributed by atoms with Crippen molar-refractivity contribution in [2.45, 2.75) is 45.7 Å². The molecule has 0 saturated heterocycles. The number of aryl methyl sites for hydroxylation is 1. The first-order chi connectivity index (χ1) is 9.04. The summed E-state index contributed by atoms with van der Waals surface area (Å²) in [7, 11) is 1.84. The van der Waals surface area contributed by atoms with Crippen molar-refractivity contribution in [3.63, 3.8) is 0 Å². The van der Waals surface area contributed by atoms with E-state index in [1.165, 1.54) is 5.56 Å². The van der Waals surface area contributed by atoms with E-state index in [1.807, 2.05) is 27.0 Å². The van der Waals surface area contributed by atoms with Crippen LogP contribution in [0.5, 0.6) is 0 Å². The van der Waals surface area contributed by atoms with Gasteiger partial charge in [-0.05, 0) is 39.2 Å². The van der Waals surface area contributed by atoms with Crippen LogP contribution in [0.25, 0.3) is 0 Å². The highest BCUT2D eigenvalue weighted by molar-refractivity contribution is 5.81. The van der Waals surface area contributed by atoms with E-state index in [2.05, 4.69) is 36.5 Å². The molecule has 0 aromatic heterocycles. The molecule has 1 amide bonds. The number of amides is 1. The predicted octanol–water partition coefficient (Wildman–Crippen LogP) is 2.46. The van der Waals surface area contributed by atoms with Gasteiger partial charge < -0.3 is 10.2 Å². The lowest BCUT2D eigenvalue weighted by Gasteiger charge is -2.23. The van der Waals surface area contributed by atoms with Crippen molar-refractivity contribution in [2.24, 2.45) is 0 Å². The maximum absolute atomic E-state index is 11.9. The molecule has 1 rings (SSSR count). The van der Waals surface area contributed by atoms with Gasteiger partial charge in [0.05, 0.1) is 6.04 Å². The molecule has 0 heterocycles. The highest BCUT2D eigenvalue weighted by Crippen LogP contribution is 2.05. The zero-order valence-corrected chi connectivity index (χ0v) is 12.5. The molecule has 0 aliphatic carbocycles. The molecule has 3 heteroatoms. The zero-order valence-electron chi connectivity index (χ0n) is 12.5. The number of hydrogen-bond donors (Lipinski definition) is 1. The highest BCUT2D eigenvalue weighted by atomic mass is 16.2. The van der Waals surface area contributed by atoms with Crippen LogP contribution in [0.4, 0.5) is 0 Å². The molecule has 0 fully saturated rings. The van der Waals surface area contributed by atoms with Crippen molar-refractivity contribution in [3.05, 3.63) is 35.9 Å². The van der Waals surface area contributed by atoms with E-state index < -0.39 is 0 Å². The summed E-state index contributed by atoms with van der Waals surface area (Å²) >= 11 is 0. The van der Waals surface area contributed by atoms with Crippen molar-refractivity contribution in [2.75, 3.05) is 13.6 Å². The van der Waals surface area contributed by atoms with Gasteiger partial charge in [0.25, 0.3) is 0 Å². The SMILES string of the molecule is CCN(C)C(=O)C(C)NC(C)CCc1ccccc1. The van der Waals surface area contributed by atoms with Gasteiger partial charge in [-0.1, -0.05) is 30.3 Å². The number of carbonyl (C=O) groups is 1. The van der Waals surface area contributed by atoms with E-state index in [4.69, 9.17) is 0 Å². The molecule has 106 valence electrons. The fraction of sp³-hybridized carbons (Fsp3) is 0.562. The van der Waals surface area contributed by atoms with Crippen LogP contribution in [-0.2, 0) is 11.2 Å². The van der Waals surface area contributed by atoms with E-state index in [-0.39, 0.29) is 11.9 Å². The number of nitrogens with one attached hydrogen (secondary N) is 1. The Kier molecular flexibility index (Phi) is 6.57. The minimum atomic E-state index is -0.115. The summed E-state index contributed by atoms with van der Waals surface area (Å²) in [6, 6.07) is 10.7. The molecule has 0 spiro atoms. The zero-order chi connectivity index (χ0) is 14.3. The first kappa shape index (κ1) is 15.7. The van der Waals surface area contributed by atoms with E-state index in [9.17, 15) is 4.79 Å². The molecular weight excluding hydrogens is 236 g/mol. The van der Waals surface area contributed by atoms with E-state index in [0.29, 0.717) is 6.04 Å². The summed E-state index contributed by atoms with van der Waals surface area (Å²) < 4.78 is 0. The Morgan fingerprint density at radius 1 is 1.26 bits per heavy atom. The number of carbonyl (C=O) groups excluding carboxylic acids is 1. The lowest BCUT2D eigenvalue weighted by molar-refractivity contribution is -0.131. The maximum Gasteiger partial charge on any atom is 0.239 e. The largest absolute Gasteiger partial charge is 0.345 e. The first-order valence-corrected chi connectivity index (χ1v) is 7.09. The smallest absolute Gasteiger partial charge is 0.239 e. The van der Waals surface area contributed by atoms with Crippen LogP contribution in [0.2, 0.25) is 0 Å². The summed E-state index contributed by atoms with van der Waals surface area (Å²) in [6.07, 6.45) is 2.08. The van der Waals surface area contributed by atoms with Crippen LogP contribution in [-0.4, -0.2) is 36.5 Å². The molecule has 1 aromatic rings. The molecule has 0 saturated carbocycles. The normalized spacial score (nSPS) is 13.9. The molecule has 2 atom stereocenters. The Bertz CT molecular complexity index is 378. The van der Waals surface area contributed by atoms with Crippen LogP contribution in [0.3, 0.4) is 0 Å². The standard InChI is InChI=1S/C16H26N2O/c1-5-18(4)16(19)14(3)17-13(2)11-12-15-9-7-6-8-10-15/h6-10,13-14,17H,5,11-12H2,1-4H3. The number of hydrogen-bond acceptors (Lipinski definition) is 2. The molecule has 0 radical (unpaired) electrons. The number of nitrogens with zero attached hydrogens (tertiary/aromatic N) is 1. The molecule has 1 aromatic carbocycles. The van der Waals surface area contributed by atoms with Gasteiger partial charge in [0.15, 0.2) is 0 Å². The highest BCUT2D eigenvalue weighted by Gasteiger charge is 2.17. The van der Waals surface area contributed by atoms with E-state index in [1.54, 1.807) is 4.90 Å². The molecular formula is C16H26N2O. The van der Waals surface area contributed by atoms with Crippen LogP contribution < -0.4 is 5.32 Å². The average molecular weight is 262 g/mol. The van der Waals surface area contributed by atoms with Crippen LogP contribution >= 0.6 is 0 Å². The van der Waals surface area contributed by atoms with Gasteiger partial charge in [-0.15, -0.1) is 0 Å². The maximum atomic E-state index is 11.9. The van der Waals surface area contributed by atoms with Gasteiger partial charge in [-0.3, -0.25) is 4.79 Å². The van der Waals surface area contributed by atoms with Crippen molar-refractivity contribution in [3.8, 4) is 0 Å². The Morgan fingerprint density at radius 3 is 2.47 bits per heavy atom. The molecule has 3 nitrogen and oxygen atoms in total. The van der Waals surface area contributed by atoms with Gasteiger partial charge >= 0.3 is 0 Å². The molecule has 0 aliphatic rings. The van der Waals surface area contributed by atoms with Gasteiger partial charge in [0, 0.05) is 19.6 Å². The number of rotatable bonds is 7. The van der Waals surface area contributed by atoms with Gasteiger partial charge in [0.1, 0.15) is 0 Å². The monoisotopic (exact) mass is 262 g/mol. The summed E-state index contributed by atoms with van der Waals surface area (Å²) in [4.78, 5) is 13.7. The molecule has 0 bridgehead atoms. The van der Waals surface area contributed by atoms with Gasteiger partial charge in [-0.2, -0.15) is 0 Å². The molecule has 2 unspecified atom stereocenters. The second-order valence-corrected chi connectivity index (χ2v) is 5.17. The van der Waals surface area contributed by atoms with Crippen molar-refractivity contribution in [1.82, 2.24) is 10.2 Å². The molecule has 19 heavy (non-hydrogen) atoms. The third-order valence-corrected chi connectivity index (χ3v) is 3.46. The minimum absolute atomic E-state index is 0.115. The third kappa shape index (κ3) is 5.43. The fourth-order valence-corrected chi connectivity index (χ4v) is 2.10. The minimum Gasteiger partial charge on any atom is -0.345 e. The second-order valence-electron chi connectivity index (χ2n) is 5.17. The van der Waals surface area contributed by atoms with Crippen molar-refractivity contribution >= 4 is 5.91 Å². The Morgan fingerprint density at radius 2 is 1.89 bits per heavy atom. The third-order valence-electron chi connectivity index (χ3n) is 3.46. The Hall–Kier alpha value is -1.35. The second kappa shape index (κ2) is 7.95. The number of likely N-dealkylation sites (N-methyl/N-ethyl adjacent to an activating group) is 1. The van der Waals surface area contributed by atoms with E-state index >= 15 is 0 Å². The summed E-state index contributed by atoms with van der Waals surface area (Å²) in [6.45, 7) is 6.82. The van der Waals surface area contributed by atoms with Gasteiger partial charge in [0.2, 0.25) is 5.91 Å². The van der Waals surface area contributed by atoms with Crippen LogP contribution in [0.15, 0.2) is 30.3 Å². The average Bonchev–Trinajstić information content (AvgIpc) is 2.44. The van der Waals surface area contributed by atoms with Gasteiger partial charge in [-0.25, -0.2) is 0 Å². The Balaban J connectivity index is 2.34. The van der Waals surface area contributed by atoms with Crippen LogP contribution in [0.1, 0.15) is 32.8 Å². The number of benzene rings is 1. The quantitative estimate of drug-likeness (QED) is 0.818. The summed E-state index contributed by atoms with van der Waals surface area (Å²) in [5, 5.41) is 3.37. The summed E-state index contributed by atoms with van der Waals surface area (Å²) in [5.74, 6) is 0.161. The summed E-state index contributed by atoms with van der Waals surface area (Å²) in [5.41, 5.74) is 1.35. The topological polar surface area (TPSA) is 32.3 Å². The van der Waals surface area contributed by atoms with Crippen molar-refractivity contribution < 1.29 is 4.79 Å². The molecule has 1 N–H and O–H groups in total.